The van der Waals surface area contributed by atoms with Gasteiger partial charge in [-0.1, -0.05) is 6.92 Å². The number of likely N-dealkylation sites (N-methyl/N-ethyl adjacent to an activating group) is 1. The molecule has 16 heavy (non-hydrogen) atoms. The van der Waals surface area contributed by atoms with E-state index in [1.54, 1.807) is 0 Å². The zero-order chi connectivity index (χ0) is 12.0. The Morgan fingerprint density at radius 1 is 1.44 bits per heavy atom. The van der Waals surface area contributed by atoms with Crippen LogP contribution in [0.5, 0.6) is 0 Å². The highest BCUT2D eigenvalue weighted by atomic mass is 32.2. The van der Waals surface area contributed by atoms with Crippen molar-refractivity contribution >= 4 is 21.4 Å². The summed E-state index contributed by atoms with van der Waals surface area (Å²) in [6.07, 6.45) is 0. The Morgan fingerprint density at radius 3 is 2.75 bits per heavy atom. The molecule has 0 aliphatic heterocycles. The van der Waals surface area contributed by atoms with E-state index >= 15 is 0 Å². The number of rotatable bonds is 6. The molecule has 0 saturated heterocycles. The average Bonchev–Trinajstić information content (AvgIpc) is 2.73. The topological polar surface area (TPSA) is 82.0 Å². The largest absolute Gasteiger partial charge is 0.316 e. The summed E-state index contributed by atoms with van der Waals surface area (Å²) in [5, 5.41) is 11.6. The fraction of sp³-hybridized carbons (Fsp3) is 0.444. The van der Waals surface area contributed by atoms with Crippen LogP contribution in [0.2, 0.25) is 0 Å². The van der Waals surface area contributed by atoms with Gasteiger partial charge in [0.15, 0.2) is 0 Å². The number of sulfonamides is 1. The zero-order valence-electron chi connectivity index (χ0n) is 8.86. The second kappa shape index (κ2) is 5.96. The Labute approximate surface area is 99.1 Å². The van der Waals surface area contributed by atoms with Gasteiger partial charge in [0.2, 0.25) is 10.0 Å². The quantitative estimate of drug-likeness (QED) is 0.729. The summed E-state index contributed by atoms with van der Waals surface area (Å²) in [5.41, 5.74) is 0. The van der Waals surface area contributed by atoms with Crippen LogP contribution in [0.15, 0.2) is 16.3 Å². The highest BCUT2D eigenvalue weighted by Gasteiger charge is 2.15. The molecule has 0 fully saturated rings. The number of nitriles is 1. The Hall–Kier alpha value is -0.940. The maximum atomic E-state index is 11.7. The van der Waals surface area contributed by atoms with Crippen LogP contribution in [0, 0.1) is 11.3 Å². The molecule has 5 nitrogen and oxygen atoms in total. The molecule has 1 rings (SSSR count). The standard InChI is InChI=1S/C9H13N3O2S2/c1-2-11-5-6-12-16(13,14)9-4-3-8(7-10)15-9/h3-4,11-12H,2,5-6H2,1H3. The van der Waals surface area contributed by atoms with Crippen molar-refractivity contribution in [2.45, 2.75) is 11.1 Å². The second-order valence-corrected chi connectivity index (χ2v) is 6.06. The van der Waals surface area contributed by atoms with E-state index in [9.17, 15) is 8.42 Å². The first kappa shape index (κ1) is 13.1. The highest BCUT2D eigenvalue weighted by Crippen LogP contribution is 2.20. The second-order valence-electron chi connectivity index (χ2n) is 2.98. The lowest BCUT2D eigenvalue weighted by Gasteiger charge is -2.04. The third-order valence-electron chi connectivity index (χ3n) is 1.80. The van der Waals surface area contributed by atoms with Crippen molar-refractivity contribution in [2.75, 3.05) is 19.6 Å². The van der Waals surface area contributed by atoms with E-state index in [-0.39, 0.29) is 4.21 Å². The Balaban J connectivity index is 2.61. The van der Waals surface area contributed by atoms with Crippen molar-refractivity contribution in [1.29, 1.82) is 5.26 Å². The van der Waals surface area contributed by atoms with Gasteiger partial charge in [-0.2, -0.15) is 5.26 Å². The Morgan fingerprint density at radius 2 is 2.19 bits per heavy atom. The van der Waals surface area contributed by atoms with Crippen LogP contribution >= 0.6 is 11.3 Å². The molecule has 1 aromatic rings. The van der Waals surface area contributed by atoms with Gasteiger partial charge >= 0.3 is 0 Å². The number of hydrogen-bond donors (Lipinski definition) is 2. The van der Waals surface area contributed by atoms with Gasteiger partial charge in [-0.25, -0.2) is 13.1 Å². The predicted octanol–water partition coefficient (Wildman–Crippen LogP) is 0.508. The summed E-state index contributed by atoms with van der Waals surface area (Å²) in [4.78, 5) is 0.395. The van der Waals surface area contributed by atoms with Gasteiger partial charge in [-0.05, 0) is 18.7 Å². The minimum Gasteiger partial charge on any atom is -0.316 e. The molecule has 0 unspecified atom stereocenters. The van der Waals surface area contributed by atoms with Crippen LogP contribution in [0.1, 0.15) is 11.8 Å². The molecule has 0 radical (unpaired) electrons. The van der Waals surface area contributed by atoms with E-state index < -0.39 is 10.0 Å². The van der Waals surface area contributed by atoms with Gasteiger partial charge in [-0.15, -0.1) is 11.3 Å². The minimum atomic E-state index is -3.45. The summed E-state index contributed by atoms with van der Waals surface area (Å²) in [5.74, 6) is 0. The van der Waals surface area contributed by atoms with E-state index in [0.717, 1.165) is 17.9 Å². The summed E-state index contributed by atoms with van der Waals surface area (Å²) in [6, 6.07) is 4.86. The lowest BCUT2D eigenvalue weighted by Crippen LogP contribution is -2.31. The van der Waals surface area contributed by atoms with Crippen LogP contribution in [0.4, 0.5) is 0 Å². The Bertz CT molecular complexity index is 473. The van der Waals surface area contributed by atoms with E-state index in [2.05, 4.69) is 10.0 Å². The van der Waals surface area contributed by atoms with Gasteiger partial charge < -0.3 is 5.32 Å². The molecular formula is C9H13N3O2S2. The molecule has 2 N–H and O–H groups in total. The van der Waals surface area contributed by atoms with E-state index in [1.165, 1.54) is 12.1 Å². The zero-order valence-corrected chi connectivity index (χ0v) is 10.5. The van der Waals surface area contributed by atoms with Crippen molar-refractivity contribution in [1.82, 2.24) is 10.0 Å². The smallest absolute Gasteiger partial charge is 0.250 e. The molecule has 7 heteroatoms. The highest BCUT2D eigenvalue weighted by molar-refractivity contribution is 7.91. The number of hydrogen-bond acceptors (Lipinski definition) is 5. The van der Waals surface area contributed by atoms with Crippen molar-refractivity contribution in [3.63, 3.8) is 0 Å². The van der Waals surface area contributed by atoms with E-state index in [0.29, 0.717) is 18.0 Å². The first-order valence-electron chi connectivity index (χ1n) is 4.80. The molecule has 0 amide bonds. The summed E-state index contributed by atoms with van der Waals surface area (Å²) in [7, 11) is -3.45. The minimum absolute atomic E-state index is 0.181. The first-order chi connectivity index (χ1) is 7.60. The number of nitrogens with one attached hydrogen (secondary N) is 2. The lowest BCUT2D eigenvalue weighted by atomic mass is 10.5. The first-order valence-corrected chi connectivity index (χ1v) is 7.10. The molecule has 0 atom stereocenters. The fourth-order valence-electron chi connectivity index (χ4n) is 1.05. The monoisotopic (exact) mass is 259 g/mol. The SMILES string of the molecule is CCNCCNS(=O)(=O)c1ccc(C#N)s1. The fourth-order valence-corrected chi connectivity index (χ4v) is 3.23. The van der Waals surface area contributed by atoms with Gasteiger partial charge in [0.1, 0.15) is 15.2 Å². The molecule has 1 aromatic heterocycles. The van der Waals surface area contributed by atoms with Gasteiger partial charge in [0.05, 0.1) is 0 Å². The van der Waals surface area contributed by atoms with E-state index in [1.807, 2.05) is 13.0 Å². The molecule has 1 heterocycles. The summed E-state index contributed by atoms with van der Waals surface area (Å²) < 4.78 is 26.0. The molecule has 0 spiro atoms. The van der Waals surface area contributed by atoms with Gasteiger partial charge in [0, 0.05) is 13.1 Å². The predicted molar refractivity (Wildman–Crippen MR) is 62.8 cm³/mol. The normalized spacial score (nSPS) is 11.2. The molecule has 0 bridgehead atoms. The van der Waals surface area contributed by atoms with Gasteiger partial charge in [-0.3, -0.25) is 0 Å². The summed E-state index contributed by atoms with van der Waals surface area (Å²) in [6.45, 7) is 3.69. The number of thiophene rings is 1. The van der Waals surface area contributed by atoms with Crippen molar-refractivity contribution in [3.8, 4) is 6.07 Å². The maximum Gasteiger partial charge on any atom is 0.250 e. The van der Waals surface area contributed by atoms with Crippen molar-refractivity contribution in [2.24, 2.45) is 0 Å². The van der Waals surface area contributed by atoms with E-state index in [4.69, 9.17) is 5.26 Å². The van der Waals surface area contributed by atoms with Crippen LogP contribution in [-0.2, 0) is 10.0 Å². The third kappa shape index (κ3) is 3.57. The molecule has 0 aliphatic carbocycles. The molecule has 88 valence electrons. The van der Waals surface area contributed by atoms with Crippen LogP contribution in [0.3, 0.4) is 0 Å². The average molecular weight is 259 g/mol. The summed E-state index contributed by atoms with van der Waals surface area (Å²) >= 11 is 0.972. The number of nitrogens with zero attached hydrogens (tertiary/aromatic N) is 1. The molecule has 0 aliphatic rings. The molecule has 0 saturated carbocycles. The van der Waals surface area contributed by atoms with Crippen molar-refractivity contribution in [3.05, 3.63) is 17.0 Å². The maximum absolute atomic E-state index is 11.7. The van der Waals surface area contributed by atoms with Crippen molar-refractivity contribution < 1.29 is 8.42 Å². The van der Waals surface area contributed by atoms with Crippen LogP contribution < -0.4 is 10.0 Å². The lowest BCUT2D eigenvalue weighted by molar-refractivity contribution is 0.579. The molecular weight excluding hydrogens is 246 g/mol. The van der Waals surface area contributed by atoms with Crippen LogP contribution in [-0.4, -0.2) is 28.1 Å². The third-order valence-corrected chi connectivity index (χ3v) is 4.74. The molecule has 0 aromatic carbocycles. The van der Waals surface area contributed by atoms with Gasteiger partial charge in [0.25, 0.3) is 0 Å². The van der Waals surface area contributed by atoms with Crippen LogP contribution in [0.25, 0.3) is 0 Å². The Kier molecular flexibility index (Phi) is 4.89.